The van der Waals surface area contributed by atoms with Crippen molar-refractivity contribution >= 4 is 0 Å². The lowest BCUT2D eigenvalue weighted by molar-refractivity contribution is -0.380. The van der Waals surface area contributed by atoms with Crippen molar-refractivity contribution < 1.29 is 120 Å². The number of aliphatic hydroxyl groups excluding tert-OH is 15. The molecule has 24 heteroatoms. The lowest BCUT2D eigenvalue weighted by atomic mass is 9.36. The summed E-state index contributed by atoms with van der Waals surface area (Å²) in [6.45, 7) is 13.8. The van der Waals surface area contributed by atoms with Crippen LogP contribution in [0.1, 0.15) is 113 Å². The first kappa shape index (κ1) is 63.1. The fraction of sp³-hybridized carbons (Fsp3) is 1.00. The van der Waals surface area contributed by atoms with Crippen LogP contribution in [0.5, 0.6) is 0 Å². The van der Waals surface area contributed by atoms with Gasteiger partial charge >= 0.3 is 0 Å². The minimum atomic E-state index is -1.93. The predicted octanol–water partition coefficient (Wildman–Crippen LogP) is -3.15. The highest BCUT2D eigenvalue weighted by atomic mass is 16.8. The van der Waals surface area contributed by atoms with Crippen molar-refractivity contribution in [2.45, 2.75) is 260 Å². The molecule has 4 saturated carbocycles. The lowest BCUT2D eigenvalue weighted by Crippen LogP contribution is -2.67. The van der Waals surface area contributed by atoms with Crippen molar-refractivity contribution in [1.82, 2.24) is 0 Å². The van der Waals surface area contributed by atoms with Gasteiger partial charge in [-0.15, -0.1) is 0 Å². The summed E-state index contributed by atoms with van der Waals surface area (Å²) in [7, 11) is 0. The van der Waals surface area contributed by atoms with Crippen molar-refractivity contribution in [3.63, 3.8) is 0 Å². The molecule has 24 nitrogen and oxygen atoms in total. The normalized spacial score (nSPS) is 52.5. The minimum absolute atomic E-state index is 0.0210. The Hall–Kier alpha value is -0.960. The first-order valence-corrected chi connectivity index (χ1v) is 28.3. The van der Waals surface area contributed by atoms with Gasteiger partial charge in [0.25, 0.3) is 0 Å². The van der Waals surface area contributed by atoms with Gasteiger partial charge < -0.3 is 120 Å². The molecule has 16 N–H and O–H groups in total. The molecule has 8 fully saturated rings. The summed E-state index contributed by atoms with van der Waals surface area (Å²) in [5.74, 6) is 0.618. The van der Waals surface area contributed by atoms with E-state index in [1.807, 2.05) is 0 Å². The summed E-state index contributed by atoms with van der Waals surface area (Å²) in [5.41, 5.74) is -2.94. The summed E-state index contributed by atoms with van der Waals surface area (Å²) < 4.78 is 47.8. The summed E-state index contributed by atoms with van der Waals surface area (Å²) in [6.07, 6.45) is -28.4. The lowest BCUT2D eigenvalue weighted by Gasteiger charge is -2.69. The first-order chi connectivity index (χ1) is 36.4. The highest BCUT2D eigenvalue weighted by molar-refractivity contribution is 5.20. The second kappa shape index (κ2) is 23.8. The minimum Gasteiger partial charge on any atom is -0.394 e. The van der Waals surface area contributed by atoms with Crippen molar-refractivity contribution in [2.24, 2.45) is 51.2 Å². The van der Waals surface area contributed by atoms with Gasteiger partial charge in [-0.05, 0) is 123 Å². The van der Waals surface area contributed by atoms with Crippen LogP contribution in [0.25, 0.3) is 0 Å². The van der Waals surface area contributed by atoms with Crippen molar-refractivity contribution in [3.8, 4) is 0 Å². The number of hydrogen-bond acceptors (Lipinski definition) is 24. The maximum Gasteiger partial charge on any atom is 0.187 e. The van der Waals surface area contributed by atoms with Gasteiger partial charge in [0.05, 0.1) is 50.3 Å². The Kier molecular flexibility index (Phi) is 19.3. The van der Waals surface area contributed by atoms with Gasteiger partial charge in [-0.2, -0.15) is 0 Å². The summed E-state index contributed by atoms with van der Waals surface area (Å²) >= 11 is 0. The van der Waals surface area contributed by atoms with Gasteiger partial charge in [-0.3, -0.25) is 0 Å². The van der Waals surface area contributed by atoms with Crippen LogP contribution in [-0.2, 0) is 37.9 Å². The zero-order valence-corrected chi connectivity index (χ0v) is 46.3. The Morgan fingerprint density at radius 3 is 1.55 bits per heavy atom. The molecule has 0 bridgehead atoms. The van der Waals surface area contributed by atoms with Crippen LogP contribution in [0.2, 0.25) is 0 Å². The van der Waals surface area contributed by atoms with Gasteiger partial charge in [0.2, 0.25) is 0 Å². The van der Waals surface area contributed by atoms with E-state index in [1.54, 1.807) is 0 Å². The number of fused-ring (bicyclic) bond motifs is 5. The fourth-order valence-corrected chi connectivity index (χ4v) is 16.3. The van der Waals surface area contributed by atoms with Crippen LogP contribution in [0, 0.1) is 51.2 Å². The molecule has 0 aromatic carbocycles. The highest BCUT2D eigenvalue weighted by Crippen LogP contribution is 2.76. The van der Waals surface area contributed by atoms with E-state index in [0.29, 0.717) is 19.3 Å². The maximum atomic E-state index is 12.7. The van der Waals surface area contributed by atoms with E-state index < -0.39 is 178 Å². The quantitative estimate of drug-likeness (QED) is 0.0640. The largest absolute Gasteiger partial charge is 0.394 e. The van der Waals surface area contributed by atoms with Crippen LogP contribution in [-0.4, -0.2) is 255 Å². The molecule has 4 aliphatic heterocycles. The van der Waals surface area contributed by atoms with Crippen LogP contribution in [0.3, 0.4) is 0 Å². The molecule has 0 aromatic rings. The highest BCUT2D eigenvalue weighted by Gasteiger charge is 2.71. The molecular formula is C54H94O24. The van der Waals surface area contributed by atoms with Crippen LogP contribution < -0.4 is 0 Å². The monoisotopic (exact) mass is 1130 g/mol. The smallest absolute Gasteiger partial charge is 0.187 e. The third-order valence-corrected chi connectivity index (χ3v) is 21.4. The van der Waals surface area contributed by atoms with E-state index in [2.05, 4.69) is 41.5 Å². The number of rotatable bonds is 17. The van der Waals surface area contributed by atoms with E-state index in [0.717, 1.165) is 32.1 Å². The molecule has 0 aromatic heterocycles. The third-order valence-electron chi connectivity index (χ3n) is 21.4. The second-order valence-corrected chi connectivity index (χ2v) is 26.3. The van der Waals surface area contributed by atoms with Crippen molar-refractivity contribution in [1.29, 1.82) is 0 Å². The molecule has 0 spiro atoms. The fourth-order valence-electron chi connectivity index (χ4n) is 16.3. The van der Waals surface area contributed by atoms with E-state index in [1.165, 1.54) is 13.8 Å². The van der Waals surface area contributed by atoms with Gasteiger partial charge in [0.1, 0.15) is 97.7 Å². The molecule has 0 amide bonds. The zero-order chi connectivity index (χ0) is 57.5. The average Bonchev–Trinajstić information content (AvgIpc) is 3.21. The number of ether oxygens (including phenoxy) is 8. The molecule has 0 radical (unpaired) electrons. The Morgan fingerprint density at radius 1 is 0.526 bits per heavy atom. The Bertz CT molecular complexity index is 1960. The average molecular weight is 1130 g/mol. The van der Waals surface area contributed by atoms with Gasteiger partial charge in [-0.25, -0.2) is 0 Å². The molecular weight excluding hydrogens is 1030 g/mol. The van der Waals surface area contributed by atoms with Crippen LogP contribution >= 0.6 is 0 Å². The van der Waals surface area contributed by atoms with Gasteiger partial charge in [-0.1, -0.05) is 41.5 Å². The van der Waals surface area contributed by atoms with Crippen molar-refractivity contribution in [3.05, 3.63) is 0 Å². The SMILES string of the molecule is C[C@@H](CC[C@@H](O[C@@H]1O[C@@H](CO[C@@H]2O[C@@H](CO)[C@@H](O)[C@H](O)[C@H]2O)[C@@H](O)[C@H](O)[C@H]1O[C@@H]1O[C@@H](CO)[C@@H](O)[C@H](O)[C@H]1O)C(C)(C)O)[C@H]1CC[C@@]2(C)[C@@H]3CC[C@@H]4[C@@H](CC[C@H](O[C@@H]5O[C@@H](CO)[C@@H](O)[C@H](O)[C@H]5O)C4(C)C)[C@]3(C)[C@@H](O)C[C@]12C. The van der Waals surface area contributed by atoms with Crippen LogP contribution in [0.4, 0.5) is 0 Å². The number of aliphatic hydroxyl groups is 16. The van der Waals surface area contributed by atoms with Crippen molar-refractivity contribution in [2.75, 3.05) is 26.4 Å². The predicted molar refractivity (Wildman–Crippen MR) is 268 cm³/mol. The molecule has 0 unspecified atom stereocenters. The molecule has 31 atom stereocenters. The Morgan fingerprint density at radius 2 is 1.01 bits per heavy atom. The van der Waals surface area contributed by atoms with E-state index in [-0.39, 0.29) is 52.9 Å². The molecule has 454 valence electrons. The van der Waals surface area contributed by atoms with Gasteiger partial charge in [0, 0.05) is 0 Å². The topological polar surface area (TPSA) is 398 Å². The maximum absolute atomic E-state index is 12.7. The molecule has 8 rings (SSSR count). The Balaban J connectivity index is 0.974. The molecule has 8 aliphatic rings. The molecule has 4 saturated heterocycles. The second-order valence-electron chi connectivity index (χ2n) is 26.3. The summed E-state index contributed by atoms with van der Waals surface area (Å²) in [6, 6.07) is 0. The van der Waals surface area contributed by atoms with Crippen LogP contribution in [0.15, 0.2) is 0 Å². The molecule has 4 heterocycles. The van der Waals surface area contributed by atoms with E-state index >= 15 is 0 Å². The van der Waals surface area contributed by atoms with Gasteiger partial charge in [0.15, 0.2) is 25.2 Å². The first-order valence-electron chi connectivity index (χ1n) is 28.3. The Labute approximate surface area is 456 Å². The zero-order valence-electron chi connectivity index (χ0n) is 46.3. The molecule has 4 aliphatic carbocycles. The van der Waals surface area contributed by atoms with E-state index in [4.69, 9.17) is 37.9 Å². The number of hydrogen-bond donors (Lipinski definition) is 16. The third kappa shape index (κ3) is 11.0. The van der Waals surface area contributed by atoms with E-state index in [9.17, 15) is 81.7 Å². The molecule has 78 heavy (non-hydrogen) atoms. The standard InChI is InChI=1S/C54H94O24/c1-22(23-15-16-52(6)30-12-10-24-25(54(30,8)31(58)17-53(23,52)7)11-14-32(50(24,2)3)76-47-43(68)39(64)35(60)27(19-56)73-47)9-13-33(51(4,5)70)77-49-45(78-48-44(69)40(65)36(61)28(20-57)74-48)41(66)37(62)29(75-49)21-71-46-42(67)38(63)34(59)26(18-55)72-46/h22-49,55-70H,9-21H2,1-8H3/t22-,23+,24+,25+,26-,27-,28-,29-,30-,31-,32-,33+,34+,35+,36+,37+,38-,39-,40-,41-,42+,43+,44+,45+,46+,47-,48-,49-,52-,53+,54-/m0/s1. The summed E-state index contributed by atoms with van der Waals surface area (Å²) in [5, 5.41) is 172. The summed E-state index contributed by atoms with van der Waals surface area (Å²) in [4.78, 5) is 0.